The van der Waals surface area contributed by atoms with Crippen LogP contribution in [-0.4, -0.2) is 35.2 Å². The van der Waals surface area contributed by atoms with Crippen LogP contribution in [0.2, 0.25) is 0 Å². The Hall–Kier alpha value is -1.69. The molecule has 2 N–H and O–H groups in total. The number of urea groups is 1. The minimum atomic E-state index is -0.579. The van der Waals surface area contributed by atoms with Gasteiger partial charge in [0.15, 0.2) is 0 Å². The van der Waals surface area contributed by atoms with Crippen molar-refractivity contribution in [2.24, 2.45) is 0 Å². The zero-order chi connectivity index (χ0) is 16.3. The van der Waals surface area contributed by atoms with Gasteiger partial charge in [0.1, 0.15) is 11.6 Å². The van der Waals surface area contributed by atoms with Gasteiger partial charge in [0.2, 0.25) is 0 Å². The van der Waals surface area contributed by atoms with Gasteiger partial charge in [-0.2, -0.15) is 0 Å². The minimum Gasteiger partial charge on any atom is -0.393 e. The highest BCUT2D eigenvalue weighted by molar-refractivity contribution is 5.74. The van der Waals surface area contributed by atoms with Crippen molar-refractivity contribution in [3.05, 3.63) is 35.4 Å². The molecule has 0 heterocycles. The Morgan fingerprint density at radius 1 is 1.32 bits per heavy atom. The van der Waals surface area contributed by atoms with Crippen LogP contribution in [0, 0.1) is 11.6 Å². The quantitative estimate of drug-likeness (QED) is 0.901. The maximum absolute atomic E-state index is 13.8. The Bertz CT molecular complexity index is 531. The molecule has 4 nitrogen and oxygen atoms in total. The monoisotopic (exact) mass is 312 g/mol. The fourth-order valence-electron chi connectivity index (χ4n) is 2.72. The maximum atomic E-state index is 13.8. The van der Waals surface area contributed by atoms with Crippen LogP contribution in [0.1, 0.15) is 44.2 Å². The minimum absolute atomic E-state index is 0.0166. The standard InChI is InChI=1S/C16H22F2N2O2/c1-10(14-9-11(17)3-8-15(14)18)20(2)16(22)19-12-4-6-13(21)7-5-12/h3,8-10,12-13,21H,4-7H2,1-2H3,(H,19,22). The zero-order valence-electron chi connectivity index (χ0n) is 12.9. The third-order valence-corrected chi connectivity index (χ3v) is 4.33. The van der Waals surface area contributed by atoms with Gasteiger partial charge in [-0.05, 0) is 50.8 Å². The van der Waals surface area contributed by atoms with E-state index in [2.05, 4.69) is 5.32 Å². The summed E-state index contributed by atoms with van der Waals surface area (Å²) in [5.74, 6) is -1.06. The first-order valence-electron chi connectivity index (χ1n) is 7.55. The number of nitrogens with one attached hydrogen (secondary N) is 1. The molecule has 122 valence electrons. The van der Waals surface area contributed by atoms with E-state index in [1.54, 1.807) is 14.0 Å². The number of amides is 2. The van der Waals surface area contributed by atoms with Crippen LogP contribution in [-0.2, 0) is 0 Å². The Morgan fingerprint density at radius 3 is 2.59 bits per heavy atom. The number of rotatable bonds is 3. The van der Waals surface area contributed by atoms with Gasteiger partial charge in [0, 0.05) is 18.7 Å². The molecule has 1 aliphatic carbocycles. The molecule has 0 bridgehead atoms. The van der Waals surface area contributed by atoms with Crippen molar-refractivity contribution in [3.63, 3.8) is 0 Å². The molecule has 0 saturated heterocycles. The molecule has 22 heavy (non-hydrogen) atoms. The van der Waals surface area contributed by atoms with Crippen LogP contribution in [0.15, 0.2) is 18.2 Å². The summed E-state index contributed by atoms with van der Waals surface area (Å²) in [6.45, 7) is 1.65. The van der Waals surface area contributed by atoms with Gasteiger partial charge in [-0.1, -0.05) is 0 Å². The third-order valence-electron chi connectivity index (χ3n) is 4.33. The summed E-state index contributed by atoms with van der Waals surface area (Å²) in [4.78, 5) is 13.6. The van der Waals surface area contributed by atoms with Crippen molar-refractivity contribution in [3.8, 4) is 0 Å². The van der Waals surface area contributed by atoms with Crippen LogP contribution >= 0.6 is 0 Å². The van der Waals surface area contributed by atoms with Gasteiger partial charge in [-0.3, -0.25) is 0 Å². The number of nitrogens with zero attached hydrogens (tertiary/aromatic N) is 1. The SMILES string of the molecule is CC(c1cc(F)ccc1F)N(C)C(=O)NC1CCC(O)CC1. The molecule has 2 rings (SSSR count). The number of hydrogen-bond donors (Lipinski definition) is 2. The maximum Gasteiger partial charge on any atom is 0.317 e. The summed E-state index contributed by atoms with van der Waals surface area (Å²) in [5, 5.41) is 12.3. The summed E-state index contributed by atoms with van der Waals surface area (Å²) in [5.41, 5.74) is 0.150. The summed E-state index contributed by atoms with van der Waals surface area (Å²) in [6, 6.07) is 2.35. The number of benzene rings is 1. The topological polar surface area (TPSA) is 52.6 Å². The van der Waals surface area contributed by atoms with E-state index in [1.165, 1.54) is 4.90 Å². The average molecular weight is 312 g/mol. The third kappa shape index (κ3) is 3.94. The molecular weight excluding hydrogens is 290 g/mol. The van der Waals surface area contributed by atoms with E-state index in [0.717, 1.165) is 31.0 Å². The molecular formula is C16H22F2N2O2. The van der Waals surface area contributed by atoms with Crippen molar-refractivity contribution in [1.29, 1.82) is 0 Å². The summed E-state index contributed by atoms with van der Waals surface area (Å²) < 4.78 is 27.1. The van der Waals surface area contributed by atoms with E-state index < -0.39 is 17.7 Å². The molecule has 1 aromatic rings. The second kappa shape index (κ2) is 7.05. The zero-order valence-corrected chi connectivity index (χ0v) is 12.9. The van der Waals surface area contributed by atoms with Crippen LogP contribution in [0.4, 0.5) is 13.6 Å². The van der Waals surface area contributed by atoms with Crippen molar-refractivity contribution < 1.29 is 18.7 Å². The fourth-order valence-corrected chi connectivity index (χ4v) is 2.72. The highest BCUT2D eigenvalue weighted by atomic mass is 19.1. The predicted octanol–water partition coefficient (Wildman–Crippen LogP) is 2.97. The van der Waals surface area contributed by atoms with Gasteiger partial charge in [-0.15, -0.1) is 0 Å². The van der Waals surface area contributed by atoms with Crippen LogP contribution in [0.5, 0.6) is 0 Å². The number of carbonyl (C=O) groups is 1. The first-order chi connectivity index (χ1) is 10.4. The molecule has 1 saturated carbocycles. The van der Waals surface area contributed by atoms with Gasteiger partial charge < -0.3 is 15.3 Å². The lowest BCUT2D eigenvalue weighted by Crippen LogP contribution is -2.45. The number of halogens is 2. The molecule has 1 atom stereocenters. The molecule has 0 aromatic heterocycles. The lowest BCUT2D eigenvalue weighted by atomic mass is 9.93. The highest BCUT2D eigenvalue weighted by Gasteiger charge is 2.25. The molecule has 0 aliphatic heterocycles. The normalized spacial score (nSPS) is 23.0. The molecule has 1 unspecified atom stereocenters. The van der Waals surface area contributed by atoms with Gasteiger partial charge >= 0.3 is 6.03 Å². The molecule has 1 fully saturated rings. The largest absolute Gasteiger partial charge is 0.393 e. The Kier molecular flexibility index (Phi) is 5.34. The van der Waals surface area contributed by atoms with E-state index in [0.29, 0.717) is 12.8 Å². The molecule has 0 spiro atoms. The summed E-state index contributed by atoms with van der Waals surface area (Å²) in [6.07, 6.45) is 2.50. The Morgan fingerprint density at radius 2 is 1.95 bits per heavy atom. The first-order valence-corrected chi connectivity index (χ1v) is 7.55. The average Bonchev–Trinajstić information content (AvgIpc) is 2.50. The Labute approximate surface area is 129 Å². The van der Waals surface area contributed by atoms with Crippen molar-refractivity contribution >= 4 is 6.03 Å². The lowest BCUT2D eigenvalue weighted by molar-refractivity contribution is 0.115. The number of aliphatic hydroxyl groups excluding tert-OH is 1. The second-order valence-corrected chi connectivity index (χ2v) is 5.91. The fraction of sp³-hybridized carbons (Fsp3) is 0.562. The number of carbonyl (C=O) groups excluding carboxylic acids is 1. The van der Waals surface area contributed by atoms with Gasteiger partial charge in [0.25, 0.3) is 0 Å². The summed E-state index contributed by atoms with van der Waals surface area (Å²) in [7, 11) is 1.56. The predicted molar refractivity (Wildman–Crippen MR) is 79.3 cm³/mol. The Balaban J connectivity index is 1.99. The number of aliphatic hydroxyl groups is 1. The van der Waals surface area contributed by atoms with Crippen LogP contribution in [0.25, 0.3) is 0 Å². The molecule has 1 aromatic carbocycles. The van der Waals surface area contributed by atoms with E-state index >= 15 is 0 Å². The van der Waals surface area contributed by atoms with Crippen molar-refractivity contribution in [2.75, 3.05) is 7.05 Å². The van der Waals surface area contributed by atoms with Crippen LogP contribution in [0.3, 0.4) is 0 Å². The van der Waals surface area contributed by atoms with E-state index in [4.69, 9.17) is 0 Å². The smallest absolute Gasteiger partial charge is 0.317 e. The van der Waals surface area contributed by atoms with E-state index in [9.17, 15) is 18.7 Å². The molecule has 0 radical (unpaired) electrons. The molecule has 6 heteroatoms. The van der Waals surface area contributed by atoms with E-state index in [1.807, 2.05) is 0 Å². The molecule has 2 amide bonds. The van der Waals surface area contributed by atoms with Crippen molar-refractivity contribution in [1.82, 2.24) is 10.2 Å². The van der Waals surface area contributed by atoms with Gasteiger partial charge in [-0.25, -0.2) is 13.6 Å². The lowest BCUT2D eigenvalue weighted by Gasteiger charge is -2.31. The highest BCUT2D eigenvalue weighted by Crippen LogP contribution is 2.24. The van der Waals surface area contributed by atoms with Gasteiger partial charge in [0.05, 0.1) is 12.1 Å². The van der Waals surface area contributed by atoms with Crippen molar-refractivity contribution in [2.45, 2.75) is 50.8 Å². The second-order valence-electron chi connectivity index (χ2n) is 5.91. The number of hydrogen-bond acceptors (Lipinski definition) is 2. The van der Waals surface area contributed by atoms with E-state index in [-0.39, 0.29) is 23.7 Å². The van der Waals surface area contributed by atoms with Crippen LogP contribution < -0.4 is 5.32 Å². The first kappa shape index (κ1) is 16.7. The molecule has 1 aliphatic rings. The summed E-state index contributed by atoms with van der Waals surface area (Å²) >= 11 is 0.